The fourth-order valence-corrected chi connectivity index (χ4v) is 3.04. The van der Waals surface area contributed by atoms with Gasteiger partial charge in [-0.1, -0.05) is 36.4 Å². The molecule has 0 aliphatic carbocycles. The van der Waals surface area contributed by atoms with E-state index in [-0.39, 0.29) is 6.10 Å². The van der Waals surface area contributed by atoms with Crippen molar-refractivity contribution in [3.05, 3.63) is 83.6 Å². The van der Waals surface area contributed by atoms with E-state index >= 15 is 0 Å². The first-order valence-electron chi connectivity index (χ1n) is 8.49. The van der Waals surface area contributed by atoms with E-state index in [0.29, 0.717) is 12.4 Å². The van der Waals surface area contributed by atoms with Gasteiger partial charge in [-0.05, 0) is 47.7 Å². The third-order valence-electron chi connectivity index (χ3n) is 4.40. The number of benzene rings is 2. The van der Waals surface area contributed by atoms with Crippen molar-refractivity contribution in [1.82, 2.24) is 4.98 Å². The number of nitrogens with two attached hydrogens (primary N) is 1. The number of nitrogens with zero attached hydrogens (tertiary/aromatic N) is 1. The second-order valence-corrected chi connectivity index (χ2v) is 6.14. The molecule has 1 unspecified atom stereocenters. The van der Waals surface area contributed by atoms with E-state index in [9.17, 15) is 0 Å². The number of hydrogen-bond acceptors (Lipinski definition) is 4. The first-order valence-corrected chi connectivity index (χ1v) is 8.49. The molecule has 126 valence electrons. The normalized spacial score (nSPS) is 16.0. The molecule has 0 spiro atoms. The maximum Gasteiger partial charge on any atom is 0.219 e. The lowest BCUT2D eigenvalue weighted by Gasteiger charge is -2.26. The molecule has 0 saturated carbocycles. The van der Waals surface area contributed by atoms with Gasteiger partial charge in [0, 0.05) is 18.8 Å². The lowest BCUT2D eigenvalue weighted by atomic mass is 9.97. The molecule has 1 aliphatic rings. The SMILES string of the molecule is NCc1ccc(Oc2ccc3c(c2)CCC(c2ccccc2)O3)nc1. The molecular formula is C21H20N2O2. The minimum absolute atomic E-state index is 0.117. The van der Waals surface area contributed by atoms with E-state index in [1.54, 1.807) is 6.20 Å². The van der Waals surface area contributed by atoms with Crippen LogP contribution in [-0.2, 0) is 13.0 Å². The maximum atomic E-state index is 6.17. The van der Waals surface area contributed by atoms with Crippen molar-refractivity contribution < 1.29 is 9.47 Å². The zero-order valence-corrected chi connectivity index (χ0v) is 13.9. The van der Waals surface area contributed by atoms with E-state index in [4.69, 9.17) is 15.2 Å². The van der Waals surface area contributed by atoms with Crippen LogP contribution in [0.25, 0.3) is 0 Å². The molecule has 0 amide bonds. The molecule has 2 aromatic carbocycles. The molecule has 0 fully saturated rings. The second kappa shape index (κ2) is 6.95. The Bertz CT molecular complexity index is 848. The Kier molecular flexibility index (Phi) is 4.36. The highest BCUT2D eigenvalue weighted by Gasteiger charge is 2.21. The predicted molar refractivity (Wildman–Crippen MR) is 96.8 cm³/mol. The molecule has 1 aliphatic heterocycles. The van der Waals surface area contributed by atoms with E-state index in [1.165, 1.54) is 11.1 Å². The van der Waals surface area contributed by atoms with Crippen molar-refractivity contribution in [3.63, 3.8) is 0 Å². The van der Waals surface area contributed by atoms with E-state index in [1.807, 2.05) is 48.5 Å². The van der Waals surface area contributed by atoms with Crippen LogP contribution in [0.3, 0.4) is 0 Å². The lowest BCUT2D eigenvalue weighted by molar-refractivity contribution is 0.176. The molecule has 4 rings (SSSR count). The molecule has 1 aromatic heterocycles. The van der Waals surface area contributed by atoms with Crippen molar-refractivity contribution in [3.8, 4) is 17.4 Å². The number of hydrogen-bond donors (Lipinski definition) is 1. The molecule has 0 bridgehead atoms. The Balaban J connectivity index is 1.49. The van der Waals surface area contributed by atoms with Crippen LogP contribution in [0.4, 0.5) is 0 Å². The second-order valence-electron chi connectivity index (χ2n) is 6.14. The Morgan fingerprint density at radius 3 is 2.72 bits per heavy atom. The number of aromatic nitrogens is 1. The summed E-state index contributed by atoms with van der Waals surface area (Å²) in [6.45, 7) is 0.478. The first kappa shape index (κ1) is 15.7. The van der Waals surface area contributed by atoms with Crippen LogP contribution in [0.15, 0.2) is 66.9 Å². The average Bonchev–Trinajstić information content (AvgIpc) is 2.69. The van der Waals surface area contributed by atoms with Gasteiger partial charge in [-0.3, -0.25) is 0 Å². The highest BCUT2D eigenvalue weighted by molar-refractivity contribution is 5.43. The zero-order chi connectivity index (χ0) is 17.1. The van der Waals surface area contributed by atoms with Crippen LogP contribution in [-0.4, -0.2) is 4.98 Å². The molecule has 0 saturated heterocycles. The molecule has 1 atom stereocenters. The van der Waals surface area contributed by atoms with Crippen molar-refractivity contribution in [2.45, 2.75) is 25.5 Å². The third kappa shape index (κ3) is 3.49. The summed E-state index contributed by atoms with van der Waals surface area (Å²) in [5, 5.41) is 0. The average molecular weight is 332 g/mol. The van der Waals surface area contributed by atoms with E-state index in [0.717, 1.165) is 29.9 Å². The zero-order valence-electron chi connectivity index (χ0n) is 13.9. The maximum absolute atomic E-state index is 6.17. The molecular weight excluding hydrogens is 312 g/mol. The summed E-state index contributed by atoms with van der Waals surface area (Å²) in [5.74, 6) is 2.27. The van der Waals surface area contributed by atoms with Crippen LogP contribution >= 0.6 is 0 Å². The summed E-state index contributed by atoms with van der Waals surface area (Å²) >= 11 is 0. The van der Waals surface area contributed by atoms with Crippen LogP contribution in [0.1, 0.15) is 29.2 Å². The summed E-state index contributed by atoms with van der Waals surface area (Å²) in [6, 6.07) is 20.1. The van der Waals surface area contributed by atoms with Crippen molar-refractivity contribution in [2.24, 2.45) is 5.73 Å². The number of ether oxygens (including phenoxy) is 2. The molecule has 4 nitrogen and oxygen atoms in total. The van der Waals surface area contributed by atoms with Crippen LogP contribution < -0.4 is 15.2 Å². The number of aryl methyl sites for hydroxylation is 1. The van der Waals surface area contributed by atoms with E-state index < -0.39 is 0 Å². The Hall–Kier alpha value is -2.85. The van der Waals surface area contributed by atoms with Gasteiger partial charge in [0.15, 0.2) is 0 Å². The highest BCUT2D eigenvalue weighted by atomic mass is 16.5. The monoisotopic (exact) mass is 332 g/mol. The molecule has 2 heterocycles. The number of rotatable bonds is 4. The van der Waals surface area contributed by atoms with Crippen molar-refractivity contribution in [2.75, 3.05) is 0 Å². The fourth-order valence-electron chi connectivity index (χ4n) is 3.04. The first-order chi connectivity index (χ1) is 12.3. The highest BCUT2D eigenvalue weighted by Crippen LogP contribution is 2.37. The minimum atomic E-state index is 0.117. The standard InChI is InChI=1S/C21H20N2O2/c22-13-15-6-11-21(23-14-15)24-18-8-10-20-17(12-18)7-9-19(25-20)16-4-2-1-3-5-16/h1-6,8,10-12,14,19H,7,9,13,22H2. The van der Waals surface area contributed by atoms with Gasteiger partial charge in [0.25, 0.3) is 0 Å². The Labute approximate surface area is 147 Å². The molecule has 0 radical (unpaired) electrons. The number of fused-ring (bicyclic) bond motifs is 1. The van der Waals surface area contributed by atoms with Gasteiger partial charge in [0.1, 0.15) is 17.6 Å². The van der Waals surface area contributed by atoms with E-state index in [2.05, 4.69) is 17.1 Å². The van der Waals surface area contributed by atoms with Gasteiger partial charge in [-0.15, -0.1) is 0 Å². The largest absolute Gasteiger partial charge is 0.485 e. The Morgan fingerprint density at radius 1 is 1.08 bits per heavy atom. The van der Waals surface area contributed by atoms with Crippen molar-refractivity contribution in [1.29, 1.82) is 0 Å². The summed E-state index contributed by atoms with van der Waals surface area (Å²) in [7, 11) is 0. The van der Waals surface area contributed by atoms with Gasteiger partial charge >= 0.3 is 0 Å². The molecule has 2 N–H and O–H groups in total. The van der Waals surface area contributed by atoms with Crippen LogP contribution in [0.2, 0.25) is 0 Å². The van der Waals surface area contributed by atoms with Gasteiger partial charge in [0.2, 0.25) is 5.88 Å². The van der Waals surface area contributed by atoms with Crippen LogP contribution in [0, 0.1) is 0 Å². The van der Waals surface area contributed by atoms with Crippen LogP contribution in [0.5, 0.6) is 17.4 Å². The Morgan fingerprint density at radius 2 is 1.96 bits per heavy atom. The summed E-state index contributed by atoms with van der Waals surface area (Å²) in [6.07, 6.45) is 3.78. The van der Waals surface area contributed by atoms with Gasteiger partial charge in [0.05, 0.1) is 0 Å². The quantitative estimate of drug-likeness (QED) is 0.769. The summed E-state index contributed by atoms with van der Waals surface area (Å²) < 4.78 is 12.0. The predicted octanol–water partition coefficient (Wildman–Crippen LogP) is 4.40. The van der Waals surface area contributed by atoms with Gasteiger partial charge in [-0.2, -0.15) is 0 Å². The molecule has 25 heavy (non-hydrogen) atoms. The summed E-state index contributed by atoms with van der Waals surface area (Å²) in [5.41, 5.74) is 8.96. The number of pyridine rings is 1. The van der Waals surface area contributed by atoms with Gasteiger partial charge in [-0.25, -0.2) is 4.98 Å². The summed E-state index contributed by atoms with van der Waals surface area (Å²) in [4.78, 5) is 4.28. The molecule has 4 heteroatoms. The minimum Gasteiger partial charge on any atom is -0.485 e. The lowest BCUT2D eigenvalue weighted by Crippen LogP contribution is -2.15. The van der Waals surface area contributed by atoms with Crippen molar-refractivity contribution >= 4 is 0 Å². The molecule has 3 aromatic rings. The fraction of sp³-hybridized carbons (Fsp3) is 0.190. The van der Waals surface area contributed by atoms with Gasteiger partial charge < -0.3 is 15.2 Å². The smallest absolute Gasteiger partial charge is 0.219 e. The topological polar surface area (TPSA) is 57.4 Å². The third-order valence-corrected chi connectivity index (χ3v) is 4.40.